The molecule has 0 saturated heterocycles. The Labute approximate surface area is 116 Å². The quantitative estimate of drug-likeness (QED) is 0.851. The molecule has 1 heterocycles. The fourth-order valence-corrected chi connectivity index (χ4v) is 1.86. The smallest absolute Gasteiger partial charge is 0.251 e. The summed E-state index contributed by atoms with van der Waals surface area (Å²) >= 11 is 5.70. The van der Waals surface area contributed by atoms with Crippen molar-refractivity contribution in [3.63, 3.8) is 0 Å². The predicted molar refractivity (Wildman–Crippen MR) is 72.9 cm³/mol. The summed E-state index contributed by atoms with van der Waals surface area (Å²) < 4.78 is 1.89. The van der Waals surface area contributed by atoms with Crippen molar-refractivity contribution in [2.75, 3.05) is 0 Å². The number of aromatic nitrogens is 3. The normalized spacial score (nSPS) is 10.4. The van der Waals surface area contributed by atoms with Crippen LogP contribution in [-0.4, -0.2) is 20.7 Å². The van der Waals surface area contributed by atoms with Gasteiger partial charge in [0, 0.05) is 18.0 Å². The summed E-state index contributed by atoms with van der Waals surface area (Å²) in [4.78, 5) is 11.9. The maximum absolute atomic E-state index is 11.9. The summed E-state index contributed by atoms with van der Waals surface area (Å²) in [6.45, 7) is 3.14. The lowest BCUT2D eigenvalue weighted by atomic mass is 10.1. The van der Waals surface area contributed by atoms with Gasteiger partial charge in [-0.05, 0) is 24.6 Å². The molecule has 6 heteroatoms. The minimum Gasteiger partial charge on any atom is -0.345 e. The van der Waals surface area contributed by atoms with Gasteiger partial charge in [0.25, 0.3) is 5.91 Å². The van der Waals surface area contributed by atoms with Gasteiger partial charge < -0.3 is 9.88 Å². The van der Waals surface area contributed by atoms with E-state index >= 15 is 0 Å². The van der Waals surface area contributed by atoms with E-state index < -0.39 is 0 Å². The number of benzene rings is 1. The minimum atomic E-state index is -0.133. The first-order valence-corrected chi connectivity index (χ1v) is 6.57. The highest BCUT2D eigenvalue weighted by Crippen LogP contribution is 2.07. The van der Waals surface area contributed by atoms with Crippen molar-refractivity contribution in [3.05, 3.63) is 47.5 Å². The molecule has 0 fully saturated rings. The van der Waals surface area contributed by atoms with Crippen molar-refractivity contribution >= 4 is 17.5 Å². The Bertz CT molecular complexity index is 550. The summed E-state index contributed by atoms with van der Waals surface area (Å²) in [5, 5.41) is 10.6. The van der Waals surface area contributed by atoms with Crippen molar-refractivity contribution in [2.24, 2.45) is 0 Å². The molecule has 19 heavy (non-hydrogen) atoms. The van der Waals surface area contributed by atoms with E-state index in [1.54, 1.807) is 18.5 Å². The van der Waals surface area contributed by atoms with Crippen LogP contribution in [0, 0.1) is 0 Å². The van der Waals surface area contributed by atoms with E-state index in [4.69, 9.17) is 11.6 Å². The number of rotatable bonds is 5. The molecule has 0 radical (unpaired) electrons. The lowest BCUT2D eigenvalue weighted by molar-refractivity contribution is 0.0949. The molecule has 1 aromatic carbocycles. The molecule has 0 aliphatic rings. The molecule has 0 aliphatic heterocycles. The van der Waals surface area contributed by atoms with E-state index in [-0.39, 0.29) is 5.91 Å². The monoisotopic (exact) mass is 278 g/mol. The third-order valence-electron chi connectivity index (χ3n) is 2.81. The van der Waals surface area contributed by atoms with Crippen LogP contribution >= 0.6 is 11.6 Å². The number of alkyl halides is 1. The lowest BCUT2D eigenvalue weighted by Gasteiger charge is -2.06. The van der Waals surface area contributed by atoms with Crippen LogP contribution in [0.15, 0.2) is 30.6 Å². The van der Waals surface area contributed by atoms with Gasteiger partial charge in [0.1, 0.15) is 6.33 Å². The Balaban J connectivity index is 1.97. The first-order valence-electron chi connectivity index (χ1n) is 6.04. The number of nitrogens with zero attached hydrogens (tertiary/aromatic N) is 3. The summed E-state index contributed by atoms with van der Waals surface area (Å²) in [5.74, 6) is 1.06. The fourth-order valence-electron chi connectivity index (χ4n) is 1.69. The summed E-state index contributed by atoms with van der Waals surface area (Å²) in [5.41, 5.74) is 1.60. The molecule has 5 nitrogen and oxygen atoms in total. The second kappa shape index (κ2) is 6.33. The zero-order chi connectivity index (χ0) is 13.7. The fraction of sp³-hybridized carbons (Fsp3) is 0.308. The third-order valence-corrected chi connectivity index (χ3v) is 3.12. The van der Waals surface area contributed by atoms with Crippen LogP contribution in [0.5, 0.6) is 0 Å². The zero-order valence-corrected chi connectivity index (χ0v) is 11.4. The van der Waals surface area contributed by atoms with Crippen molar-refractivity contribution in [1.82, 2.24) is 20.1 Å². The van der Waals surface area contributed by atoms with Crippen molar-refractivity contribution < 1.29 is 4.79 Å². The van der Waals surface area contributed by atoms with Gasteiger partial charge in [0.15, 0.2) is 5.82 Å². The number of nitrogens with one attached hydrogen (secondary N) is 1. The standard InChI is InChI=1S/C13H15ClN4O/c1-2-18-9-16-17-12(18)8-15-13(19)11-5-3-10(7-14)4-6-11/h3-6,9H,2,7-8H2,1H3,(H,15,19). The maximum Gasteiger partial charge on any atom is 0.251 e. The first kappa shape index (κ1) is 13.5. The largest absolute Gasteiger partial charge is 0.345 e. The Morgan fingerprint density at radius 3 is 2.74 bits per heavy atom. The first-order chi connectivity index (χ1) is 9.24. The van der Waals surface area contributed by atoms with Gasteiger partial charge in [-0.1, -0.05) is 12.1 Å². The lowest BCUT2D eigenvalue weighted by Crippen LogP contribution is -2.24. The van der Waals surface area contributed by atoms with Gasteiger partial charge in [-0.15, -0.1) is 21.8 Å². The Morgan fingerprint density at radius 2 is 2.11 bits per heavy atom. The molecule has 0 aliphatic carbocycles. The topological polar surface area (TPSA) is 59.8 Å². The van der Waals surface area contributed by atoms with E-state index in [1.807, 2.05) is 23.6 Å². The van der Waals surface area contributed by atoms with Crippen LogP contribution in [0.3, 0.4) is 0 Å². The summed E-state index contributed by atoms with van der Waals surface area (Å²) in [6.07, 6.45) is 1.65. The summed E-state index contributed by atoms with van der Waals surface area (Å²) in [7, 11) is 0. The highest BCUT2D eigenvalue weighted by molar-refractivity contribution is 6.17. The van der Waals surface area contributed by atoms with E-state index in [0.29, 0.717) is 18.0 Å². The number of halogens is 1. The number of hydrogen-bond acceptors (Lipinski definition) is 3. The highest BCUT2D eigenvalue weighted by atomic mass is 35.5. The van der Waals surface area contributed by atoms with Crippen LogP contribution in [0.1, 0.15) is 28.7 Å². The molecule has 2 rings (SSSR count). The molecule has 1 N–H and O–H groups in total. The van der Waals surface area contributed by atoms with Gasteiger partial charge in [0.05, 0.1) is 6.54 Å². The Morgan fingerprint density at radius 1 is 1.37 bits per heavy atom. The van der Waals surface area contributed by atoms with Crippen LogP contribution < -0.4 is 5.32 Å². The Hall–Kier alpha value is -1.88. The molecule has 1 aromatic heterocycles. The van der Waals surface area contributed by atoms with Gasteiger partial charge in [0.2, 0.25) is 0 Å². The number of carbonyl (C=O) groups is 1. The van der Waals surface area contributed by atoms with Crippen LogP contribution in [0.2, 0.25) is 0 Å². The number of amides is 1. The average Bonchev–Trinajstić information content (AvgIpc) is 2.92. The molecule has 0 atom stereocenters. The van der Waals surface area contributed by atoms with Crippen molar-refractivity contribution in [1.29, 1.82) is 0 Å². The zero-order valence-electron chi connectivity index (χ0n) is 10.6. The molecular weight excluding hydrogens is 264 g/mol. The molecule has 0 saturated carbocycles. The highest BCUT2D eigenvalue weighted by Gasteiger charge is 2.07. The molecule has 0 spiro atoms. The molecular formula is C13H15ClN4O. The SMILES string of the molecule is CCn1cnnc1CNC(=O)c1ccc(CCl)cc1. The van der Waals surface area contributed by atoms with Crippen LogP contribution in [0.25, 0.3) is 0 Å². The van der Waals surface area contributed by atoms with E-state index in [9.17, 15) is 4.79 Å². The molecule has 1 amide bonds. The average molecular weight is 279 g/mol. The third kappa shape index (κ3) is 3.32. The number of hydrogen-bond donors (Lipinski definition) is 1. The second-order valence-corrected chi connectivity index (χ2v) is 4.31. The van der Waals surface area contributed by atoms with Crippen LogP contribution in [-0.2, 0) is 19.0 Å². The minimum absolute atomic E-state index is 0.133. The van der Waals surface area contributed by atoms with Gasteiger partial charge in [-0.3, -0.25) is 4.79 Å². The van der Waals surface area contributed by atoms with Gasteiger partial charge >= 0.3 is 0 Å². The molecule has 100 valence electrons. The van der Waals surface area contributed by atoms with E-state index in [0.717, 1.165) is 17.9 Å². The molecule has 0 unspecified atom stereocenters. The molecule has 2 aromatic rings. The number of carbonyl (C=O) groups excluding carboxylic acids is 1. The van der Waals surface area contributed by atoms with E-state index in [2.05, 4.69) is 15.5 Å². The Kier molecular flexibility index (Phi) is 4.52. The van der Waals surface area contributed by atoms with Crippen LogP contribution in [0.4, 0.5) is 0 Å². The van der Waals surface area contributed by atoms with Crippen molar-refractivity contribution in [3.8, 4) is 0 Å². The van der Waals surface area contributed by atoms with E-state index in [1.165, 1.54) is 0 Å². The second-order valence-electron chi connectivity index (χ2n) is 4.05. The predicted octanol–water partition coefficient (Wildman–Crippen LogP) is 1.97. The van der Waals surface area contributed by atoms with Gasteiger partial charge in [-0.2, -0.15) is 0 Å². The van der Waals surface area contributed by atoms with Crippen molar-refractivity contribution in [2.45, 2.75) is 25.9 Å². The summed E-state index contributed by atoms with van der Waals surface area (Å²) in [6, 6.07) is 7.21. The molecule has 0 bridgehead atoms. The number of aryl methyl sites for hydroxylation is 1. The maximum atomic E-state index is 11.9. The van der Waals surface area contributed by atoms with Gasteiger partial charge in [-0.25, -0.2) is 0 Å².